The number of rotatable bonds is 2. The van der Waals surface area contributed by atoms with Crippen LogP contribution in [0, 0.1) is 0 Å². The van der Waals surface area contributed by atoms with E-state index in [-0.39, 0.29) is 11.4 Å². The summed E-state index contributed by atoms with van der Waals surface area (Å²) >= 11 is 0. The maximum absolute atomic E-state index is 10.7. The molecular formula is C6H7N3O4. The van der Waals surface area contributed by atoms with Crippen molar-refractivity contribution in [1.82, 2.24) is 10.2 Å². The van der Waals surface area contributed by atoms with E-state index in [1.165, 1.54) is 7.11 Å². The Morgan fingerprint density at radius 2 is 2.38 bits per heavy atom. The number of carboxylic acids is 1. The number of hydrogen-bond donors (Lipinski definition) is 3. The Kier molecular flexibility index (Phi) is 2.48. The molecule has 0 aliphatic heterocycles. The number of aromatic nitrogens is 2. The van der Waals surface area contributed by atoms with Gasteiger partial charge in [0.25, 0.3) is 0 Å². The van der Waals surface area contributed by atoms with Crippen LogP contribution in [0.2, 0.25) is 0 Å². The van der Waals surface area contributed by atoms with Crippen molar-refractivity contribution in [3.63, 3.8) is 0 Å². The van der Waals surface area contributed by atoms with Gasteiger partial charge in [-0.3, -0.25) is 10.4 Å². The molecule has 1 heterocycles. The number of nitrogens with one attached hydrogen (secondary N) is 2. The van der Waals surface area contributed by atoms with Gasteiger partial charge in [0.05, 0.1) is 13.3 Å². The van der Waals surface area contributed by atoms with E-state index in [1.54, 1.807) is 0 Å². The SMILES string of the molecule is COC(=O)Nc1[nH]ncc1C(=O)O. The number of amides is 1. The molecule has 70 valence electrons. The zero-order valence-corrected chi connectivity index (χ0v) is 6.70. The van der Waals surface area contributed by atoms with Crippen LogP contribution in [0.15, 0.2) is 6.20 Å². The second kappa shape index (κ2) is 3.57. The highest BCUT2D eigenvalue weighted by Crippen LogP contribution is 2.10. The molecule has 7 nitrogen and oxygen atoms in total. The van der Waals surface area contributed by atoms with Crippen molar-refractivity contribution in [2.45, 2.75) is 0 Å². The van der Waals surface area contributed by atoms with Crippen molar-refractivity contribution in [2.75, 3.05) is 12.4 Å². The Hall–Kier alpha value is -2.05. The second-order valence-electron chi connectivity index (χ2n) is 2.08. The number of aromatic carboxylic acids is 1. The minimum Gasteiger partial charge on any atom is -0.477 e. The van der Waals surface area contributed by atoms with Gasteiger partial charge in [-0.2, -0.15) is 5.10 Å². The molecule has 0 bridgehead atoms. The Morgan fingerprint density at radius 1 is 1.69 bits per heavy atom. The van der Waals surface area contributed by atoms with E-state index in [9.17, 15) is 9.59 Å². The zero-order chi connectivity index (χ0) is 9.84. The fourth-order valence-corrected chi connectivity index (χ4v) is 0.697. The normalized spacial score (nSPS) is 9.31. The van der Waals surface area contributed by atoms with Gasteiger partial charge in [0.1, 0.15) is 11.4 Å². The molecule has 13 heavy (non-hydrogen) atoms. The molecule has 0 saturated heterocycles. The van der Waals surface area contributed by atoms with Gasteiger partial charge in [-0.1, -0.05) is 0 Å². The number of nitrogens with zero attached hydrogens (tertiary/aromatic N) is 1. The van der Waals surface area contributed by atoms with Crippen molar-refractivity contribution in [3.8, 4) is 0 Å². The van der Waals surface area contributed by atoms with Crippen molar-refractivity contribution in [2.24, 2.45) is 0 Å². The summed E-state index contributed by atoms with van der Waals surface area (Å²) in [4.78, 5) is 21.2. The number of anilines is 1. The fourth-order valence-electron chi connectivity index (χ4n) is 0.697. The first kappa shape index (κ1) is 9.04. The summed E-state index contributed by atoms with van der Waals surface area (Å²) in [7, 11) is 1.17. The van der Waals surface area contributed by atoms with Crippen molar-refractivity contribution < 1.29 is 19.4 Å². The summed E-state index contributed by atoms with van der Waals surface area (Å²) in [6, 6.07) is 0. The van der Waals surface area contributed by atoms with Crippen LogP contribution in [0.3, 0.4) is 0 Å². The fraction of sp³-hybridized carbons (Fsp3) is 0.167. The number of methoxy groups -OCH3 is 1. The van der Waals surface area contributed by atoms with E-state index in [2.05, 4.69) is 20.3 Å². The molecule has 0 saturated carbocycles. The van der Waals surface area contributed by atoms with E-state index in [0.717, 1.165) is 6.20 Å². The summed E-state index contributed by atoms with van der Waals surface area (Å²) in [5, 5.41) is 16.5. The third-order valence-electron chi connectivity index (χ3n) is 1.28. The van der Waals surface area contributed by atoms with E-state index in [4.69, 9.17) is 5.11 Å². The van der Waals surface area contributed by atoms with Gasteiger partial charge in [0.2, 0.25) is 0 Å². The molecule has 1 rings (SSSR count). The summed E-state index contributed by atoms with van der Waals surface area (Å²) in [5.74, 6) is -1.18. The van der Waals surface area contributed by atoms with E-state index < -0.39 is 12.1 Å². The molecule has 0 unspecified atom stereocenters. The van der Waals surface area contributed by atoms with Crippen LogP contribution in [0.25, 0.3) is 0 Å². The number of carbonyl (C=O) groups is 2. The first-order valence-corrected chi connectivity index (χ1v) is 3.26. The first-order valence-electron chi connectivity index (χ1n) is 3.26. The van der Waals surface area contributed by atoms with Gasteiger partial charge < -0.3 is 9.84 Å². The van der Waals surface area contributed by atoms with E-state index in [1.807, 2.05) is 0 Å². The number of aromatic amines is 1. The van der Waals surface area contributed by atoms with Gasteiger partial charge in [-0.05, 0) is 0 Å². The third kappa shape index (κ3) is 1.95. The minimum atomic E-state index is -1.18. The number of ether oxygens (including phenoxy) is 1. The molecule has 0 aliphatic rings. The van der Waals surface area contributed by atoms with Gasteiger partial charge >= 0.3 is 12.1 Å². The standard InChI is InChI=1S/C6H7N3O4/c1-13-6(12)8-4-3(5(10)11)2-7-9-4/h2H,1H3,(H,10,11)(H2,7,8,9,12). The summed E-state index contributed by atoms with van der Waals surface area (Å²) in [6.45, 7) is 0. The monoisotopic (exact) mass is 185 g/mol. The molecule has 3 N–H and O–H groups in total. The molecule has 0 aromatic carbocycles. The molecule has 0 radical (unpaired) electrons. The second-order valence-corrected chi connectivity index (χ2v) is 2.08. The minimum absolute atomic E-state index is 0.000602. The average molecular weight is 185 g/mol. The van der Waals surface area contributed by atoms with Crippen molar-refractivity contribution in [1.29, 1.82) is 0 Å². The van der Waals surface area contributed by atoms with Crippen LogP contribution in [0.4, 0.5) is 10.6 Å². The number of hydrogen-bond acceptors (Lipinski definition) is 4. The molecule has 1 amide bonds. The average Bonchev–Trinajstić information content (AvgIpc) is 2.52. The lowest BCUT2D eigenvalue weighted by atomic mass is 10.3. The van der Waals surface area contributed by atoms with Crippen LogP contribution < -0.4 is 5.32 Å². The molecule has 0 aliphatic carbocycles. The van der Waals surface area contributed by atoms with Crippen LogP contribution in [0.5, 0.6) is 0 Å². The predicted octanol–water partition coefficient (Wildman–Crippen LogP) is 0.286. The Morgan fingerprint density at radius 3 is 2.92 bits per heavy atom. The topological polar surface area (TPSA) is 104 Å². The molecular weight excluding hydrogens is 178 g/mol. The first-order chi connectivity index (χ1) is 6.15. The van der Waals surface area contributed by atoms with E-state index in [0.29, 0.717) is 0 Å². The maximum Gasteiger partial charge on any atom is 0.412 e. The molecule has 0 atom stereocenters. The highest BCUT2D eigenvalue weighted by Gasteiger charge is 2.14. The summed E-state index contributed by atoms with van der Waals surface area (Å²) in [6.07, 6.45) is 0.333. The van der Waals surface area contributed by atoms with E-state index >= 15 is 0 Å². The van der Waals surface area contributed by atoms with Crippen LogP contribution in [-0.2, 0) is 4.74 Å². The Labute approximate surface area is 72.7 Å². The molecule has 7 heteroatoms. The Balaban J connectivity index is 2.82. The molecule has 0 spiro atoms. The van der Waals surface area contributed by atoms with Gasteiger partial charge in [0, 0.05) is 0 Å². The molecule has 1 aromatic rings. The lowest BCUT2D eigenvalue weighted by molar-refractivity contribution is 0.0698. The van der Waals surface area contributed by atoms with Crippen molar-refractivity contribution >= 4 is 17.9 Å². The maximum atomic E-state index is 10.7. The lowest BCUT2D eigenvalue weighted by Crippen LogP contribution is -2.13. The third-order valence-corrected chi connectivity index (χ3v) is 1.28. The van der Waals surface area contributed by atoms with Gasteiger partial charge in [-0.25, -0.2) is 9.59 Å². The summed E-state index contributed by atoms with van der Waals surface area (Å²) < 4.78 is 4.27. The quantitative estimate of drug-likeness (QED) is 0.614. The number of carbonyl (C=O) groups excluding carboxylic acids is 1. The van der Waals surface area contributed by atoms with Crippen LogP contribution in [0.1, 0.15) is 10.4 Å². The van der Waals surface area contributed by atoms with Crippen molar-refractivity contribution in [3.05, 3.63) is 11.8 Å². The van der Waals surface area contributed by atoms with Crippen LogP contribution in [-0.4, -0.2) is 34.5 Å². The van der Waals surface area contributed by atoms with Crippen LogP contribution >= 0.6 is 0 Å². The molecule has 0 fully saturated rings. The van der Waals surface area contributed by atoms with Gasteiger partial charge in [0.15, 0.2) is 0 Å². The highest BCUT2D eigenvalue weighted by atomic mass is 16.5. The zero-order valence-electron chi connectivity index (χ0n) is 6.70. The Bertz CT molecular complexity index is 332. The smallest absolute Gasteiger partial charge is 0.412 e. The van der Waals surface area contributed by atoms with Gasteiger partial charge in [-0.15, -0.1) is 0 Å². The highest BCUT2D eigenvalue weighted by molar-refractivity contribution is 5.97. The predicted molar refractivity (Wildman–Crippen MR) is 41.6 cm³/mol. The summed E-state index contributed by atoms with van der Waals surface area (Å²) in [5.41, 5.74) is -0.120. The lowest BCUT2D eigenvalue weighted by Gasteiger charge is -2.00. The largest absolute Gasteiger partial charge is 0.477 e. The number of carboxylic acid groups (broad SMARTS) is 1. The number of H-pyrrole nitrogens is 1. The molecule has 1 aromatic heterocycles.